The number of rotatable bonds is 3. The summed E-state index contributed by atoms with van der Waals surface area (Å²) in [6.07, 6.45) is 6.69. The van der Waals surface area contributed by atoms with Crippen molar-refractivity contribution in [1.82, 2.24) is 14.4 Å². The first-order valence-corrected chi connectivity index (χ1v) is 7.14. The summed E-state index contributed by atoms with van der Waals surface area (Å²) in [6, 6.07) is 9.73. The van der Waals surface area contributed by atoms with Crippen molar-refractivity contribution in [3.8, 4) is 11.1 Å². The summed E-state index contributed by atoms with van der Waals surface area (Å²) in [5.41, 5.74) is 2.71. The lowest BCUT2D eigenvalue weighted by molar-refractivity contribution is 0.102. The van der Waals surface area contributed by atoms with Crippen LogP contribution in [0.4, 0.5) is 10.2 Å². The van der Waals surface area contributed by atoms with E-state index in [9.17, 15) is 9.18 Å². The standard InChI is InChI=1S/C17H11FN4O2/c18-14-2-1-3-15(20-14)21-17(23)13-9-22-8-11(4-5-16(22)19-13)12-6-7-24-10-12/h1-10H,(H,20,21,23). The lowest BCUT2D eigenvalue weighted by Gasteiger charge is -2.01. The smallest absolute Gasteiger partial charge is 0.277 e. The molecule has 0 spiro atoms. The van der Waals surface area contributed by atoms with E-state index in [1.54, 1.807) is 29.2 Å². The quantitative estimate of drug-likeness (QED) is 0.587. The van der Waals surface area contributed by atoms with Gasteiger partial charge in [-0.25, -0.2) is 9.97 Å². The van der Waals surface area contributed by atoms with Gasteiger partial charge in [-0.05, 0) is 30.3 Å². The van der Waals surface area contributed by atoms with Gasteiger partial charge < -0.3 is 14.1 Å². The number of nitrogens with one attached hydrogen (secondary N) is 1. The highest BCUT2D eigenvalue weighted by Gasteiger charge is 2.12. The van der Waals surface area contributed by atoms with Crippen molar-refractivity contribution in [3.63, 3.8) is 0 Å². The van der Waals surface area contributed by atoms with E-state index in [2.05, 4.69) is 15.3 Å². The third-order valence-electron chi connectivity index (χ3n) is 3.49. The second-order valence-corrected chi connectivity index (χ2v) is 5.12. The van der Waals surface area contributed by atoms with Gasteiger partial charge in [-0.3, -0.25) is 4.79 Å². The van der Waals surface area contributed by atoms with E-state index in [4.69, 9.17) is 4.42 Å². The highest BCUT2D eigenvalue weighted by atomic mass is 19.1. The average molecular weight is 322 g/mol. The fourth-order valence-electron chi connectivity index (χ4n) is 2.36. The summed E-state index contributed by atoms with van der Waals surface area (Å²) in [5, 5.41) is 2.52. The zero-order valence-electron chi connectivity index (χ0n) is 12.3. The van der Waals surface area contributed by atoms with Crippen molar-refractivity contribution in [2.45, 2.75) is 0 Å². The largest absolute Gasteiger partial charge is 0.472 e. The summed E-state index contributed by atoms with van der Waals surface area (Å²) >= 11 is 0. The molecule has 4 aromatic rings. The molecule has 4 rings (SSSR count). The second kappa shape index (κ2) is 5.62. The molecule has 0 atom stereocenters. The number of fused-ring (bicyclic) bond motifs is 1. The van der Waals surface area contributed by atoms with E-state index in [1.165, 1.54) is 18.2 Å². The molecule has 0 aliphatic rings. The number of nitrogens with zero attached hydrogens (tertiary/aromatic N) is 3. The number of carbonyl (C=O) groups is 1. The number of hydrogen-bond acceptors (Lipinski definition) is 4. The summed E-state index contributed by atoms with van der Waals surface area (Å²) in [4.78, 5) is 20.1. The Hall–Kier alpha value is -3.48. The van der Waals surface area contributed by atoms with Crippen molar-refractivity contribution >= 4 is 17.4 Å². The van der Waals surface area contributed by atoms with Gasteiger partial charge in [0.1, 0.15) is 17.2 Å². The monoisotopic (exact) mass is 322 g/mol. The molecular weight excluding hydrogens is 311 g/mol. The van der Waals surface area contributed by atoms with Gasteiger partial charge in [-0.2, -0.15) is 4.39 Å². The molecule has 0 aliphatic heterocycles. The number of furan rings is 1. The van der Waals surface area contributed by atoms with Crippen LogP contribution in [0.3, 0.4) is 0 Å². The molecule has 0 radical (unpaired) electrons. The molecule has 0 saturated carbocycles. The maximum atomic E-state index is 13.1. The normalized spacial score (nSPS) is 10.9. The minimum atomic E-state index is -0.660. The Labute approximate surface area is 135 Å². The molecule has 6 nitrogen and oxygen atoms in total. The summed E-state index contributed by atoms with van der Waals surface area (Å²) < 4.78 is 19.9. The Kier molecular flexibility index (Phi) is 3.31. The molecule has 24 heavy (non-hydrogen) atoms. The predicted molar refractivity (Wildman–Crippen MR) is 85.0 cm³/mol. The van der Waals surface area contributed by atoms with Gasteiger partial charge in [0.2, 0.25) is 5.95 Å². The molecule has 0 fully saturated rings. The number of hydrogen-bond donors (Lipinski definition) is 1. The molecule has 4 heterocycles. The minimum Gasteiger partial charge on any atom is -0.472 e. The van der Waals surface area contributed by atoms with Crippen LogP contribution in [0.15, 0.2) is 65.7 Å². The highest BCUT2D eigenvalue weighted by molar-refractivity contribution is 6.02. The van der Waals surface area contributed by atoms with Crippen molar-refractivity contribution in [2.75, 3.05) is 5.32 Å². The zero-order chi connectivity index (χ0) is 16.5. The van der Waals surface area contributed by atoms with Gasteiger partial charge in [0.15, 0.2) is 0 Å². The van der Waals surface area contributed by atoms with E-state index in [-0.39, 0.29) is 11.5 Å². The van der Waals surface area contributed by atoms with Crippen LogP contribution in [0.2, 0.25) is 0 Å². The Morgan fingerprint density at radius 1 is 1.08 bits per heavy atom. The van der Waals surface area contributed by atoms with Gasteiger partial charge in [0.25, 0.3) is 5.91 Å². The topological polar surface area (TPSA) is 72.4 Å². The maximum absolute atomic E-state index is 13.1. The fraction of sp³-hybridized carbons (Fsp3) is 0. The van der Waals surface area contributed by atoms with Crippen molar-refractivity contribution in [1.29, 1.82) is 0 Å². The zero-order valence-corrected chi connectivity index (χ0v) is 12.3. The summed E-state index contributed by atoms with van der Waals surface area (Å²) in [5.74, 6) is -0.981. The van der Waals surface area contributed by atoms with E-state index < -0.39 is 11.9 Å². The second-order valence-electron chi connectivity index (χ2n) is 5.12. The van der Waals surface area contributed by atoms with Gasteiger partial charge >= 0.3 is 0 Å². The molecule has 0 aromatic carbocycles. The minimum absolute atomic E-state index is 0.135. The van der Waals surface area contributed by atoms with Crippen LogP contribution in [-0.2, 0) is 0 Å². The van der Waals surface area contributed by atoms with Crippen LogP contribution in [0, 0.1) is 5.95 Å². The van der Waals surface area contributed by atoms with Crippen molar-refractivity contribution in [2.24, 2.45) is 0 Å². The van der Waals surface area contributed by atoms with E-state index >= 15 is 0 Å². The van der Waals surface area contributed by atoms with Gasteiger partial charge in [0.05, 0.1) is 12.5 Å². The number of amides is 1. The van der Waals surface area contributed by atoms with Crippen LogP contribution in [-0.4, -0.2) is 20.3 Å². The number of anilines is 1. The molecule has 7 heteroatoms. The fourth-order valence-corrected chi connectivity index (χ4v) is 2.36. The van der Waals surface area contributed by atoms with Gasteiger partial charge in [0, 0.05) is 23.5 Å². The number of pyridine rings is 2. The molecule has 0 aliphatic carbocycles. The summed E-state index contributed by atoms with van der Waals surface area (Å²) in [6.45, 7) is 0. The Balaban J connectivity index is 1.63. The molecular formula is C17H11FN4O2. The summed E-state index contributed by atoms with van der Waals surface area (Å²) in [7, 11) is 0. The molecule has 1 N–H and O–H groups in total. The van der Waals surface area contributed by atoms with E-state index in [0.717, 1.165) is 11.1 Å². The van der Waals surface area contributed by atoms with Crippen molar-refractivity contribution in [3.05, 3.63) is 73.0 Å². The number of aromatic nitrogens is 3. The molecule has 1 amide bonds. The average Bonchev–Trinajstić information content (AvgIpc) is 3.23. The first-order valence-electron chi connectivity index (χ1n) is 7.14. The number of halogens is 1. The Morgan fingerprint density at radius 3 is 2.79 bits per heavy atom. The maximum Gasteiger partial charge on any atom is 0.277 e. The van der Waals surface area contributed by atoms with Crippen LogP contribution < -0.4 is 5.32 Å². The van der Waals surface area contributed by atoms with Gasteiger partial charge in [-0.15, -0.1) is 0 Å². The highest BCUT2D eigenvalue weighted by Crippen LogP contribution is 2.20. The van der Waals surface area contributed by atoms with Crippen LogP contribution in [0.5, 0.6) is 0 Å². The molecule has 0 bridgehead atoms. The Morgan fingerprint density at radius 2 is 2.00 bits per heavy atom. The van der Waals surface area contributed by atoms with Crippen molar-refractivity contribution < 1.29 is 13.6 Å². The first-order chi connectivity index (χ1) is 11.7. The SMILES string of the molecule is O=C(Nc1cccc(F)n1)c1cn2cc(-c3ccoc3)ccc2n1. The molecule has 118 valence electrons. The van der Waals surface area contributed by atoms with Crippen LogP contribution in [0.1, 0.15) is 10.5 Å². The van der Waals surface area contributed by atoms with Crippen LogP contribution >= 0.6 is 0 Å². The van der Waals surface area contributed by atoms with E-state index in [0.29, 0.717) is 5.65 Å². The molecule has 0 saturated heterocycles. The lowest BCUT2D eigenvalue weighted by atomic mass is 10.1. The predicted octanol–water partition coefficient (Wildman–Crippen LogP) is 3.38. The van der Waals surface area contributed by atoms with E-state index in [1.807, 2.05) is 18.3 Å². The lowest BCUT2D eigenvalue weighted by Crippen LogP contribution is -2.13. The van der Waals surface area contributed by atoms with Gasteiger partial charge in [-0.1, -0.05) is 6.07 Å². The number of carbonyl (C=O) groups excluding carboxylic acids is 1. The third-order valence-corrected chi connectivity index (χ3v) is 3.49. The first kappa shape index (κ1) is 14.1. The van der Waals surface area contributed by atoms with Crippen LogP contribution in [0.25, 0.3) is 16.8 Å². The number of imidazole rings is 1. The molecule has 4 aromatic heterocycles. The Bertz CT molecular complexity index is 1020. The molecule has 0 unspecified atom stereocenters. The third kappa shape index (κ3) is 2.63.